The lowest BCUT2D eigenvalue weighted by atomic mass is 10.1. The molecule has 19 heavy (non-hydrogen) atoms. The maximum Gasteiger partial charge on any atom is 0.374 e. The number of esters is 1. The van der Waals surface area contributed by atoms with Crippen molar-refractivity contribution in [3.05, 3.63) is 35.8 Å². The van der Waals surface area contributed by atoms with Crippen LogP contribution in [-0.2, 0) is 4.74 Å². The molecule has 1 N–H and O–H groups in total. The Bertz CT molecular complexity index is 590. The van der Waals surface area contributed by atoms with Gasteiger partial charge in [-0.1, -0.05) is 12.1 Å². The number of hydrogen-bond donors (Lipinski definition) is 1. The number of aromatic nitrogens is 2. The predicted molar refractivity (Wildman–Crippen MR) is 71.3 cm³/mol. The molecule has 0 aliphatic carbocycles. The van der Waals surface area contributed by atoms with Gasteiger partial charge in [-0.3, -0.25) is 0 Å². The molecule has 0 bridgehead atoms. The average Bonchev–Trinajstić information content (AvgIpc) is 2.81. The number of rotatable bonds is 4. The first kappa shape index (κ1) is 13.1. The minimum Gasteiger partial charge on any atom is -0.496 e. The number of imidazole rings is 1. The van der Waals surface area contributed by atoms with Crippen LogP contribution in [0.25, 0.3) is 11.3 Å². The van der Waals surface area contributed by atoms with Crippen molar-refractivity contribution in [2.24, 2.45) is 0 Å². The number of aromatic amines is 1. The Balaban J connectivity index is 2.43. The molecule has 5 heteroatoms. The highest BCUT2D eigenvalue weighted by atomic mass is 16.5. The van der Waals surface area contributed by atoms with E-state index in [1.807, 2.05) is 31.2 Å². The smallest absolute Gasteiger partial charge is 0.374 e. The van der Waals surface area contributed by atoms with Gasteiger partial charge in [0.15, 0.2) is 0 Å². The van der Waals surface area contributed by atoms with Crippen LogP contribution < -0.4 is 4.74 Å². The first-order valence-corrected chi connectivity index (χ1v) is 6.04. The van der Waals surface area contributed by atoms with Crippen molar-refractivity contribution in [1.82, 2.24) is 9.97 Å². The molecule has 0 fully saturated rings. The summed E-state index contributed by atoms with van der Waals surface area (Å²) >= 11 is 0. The van der Waals surface area contributed by atoms with E-state index in [-0.39, 0.29) is 5.82 Å². The molecule has 5 nitrogen and oxygen atoms in total. The van der Waals surface area contributed by atoms with Crippen molar-refractivity contribution in [3.63, 3.8) is 0 Å². The number of para-hydroxylation sites is 1. The average molecular weight is 260 g/mol. The lowest BCUT2D eigenvalue weighted by Gasteiger charge is -2.05. The van der Waals surface area contributed by atoms with E-state index in [0.717, 1.165) is 11.3 Å². The summed E-state index contributed by atoms with van der Waals surface area (Å²) in [7, 11) is 1.60. The zero-order valence-corrected chi connectivity index (χ0v) is 11.2. The maximum absolute atomic E-state index is 11.6. The Morgan fingerprint density at radius 3 is 2.79 bits per heavy atom. The molecule has 0 saturated carbocycles. The van der Waals surface area contributed by atoms with Crippen LogP contribution in [0.3, 0.4) is 0 Å². The van der Waals surface area contributed by atoms with Gasteiger partial charge in [0, 0.05) is 11.3 Å². The molecule has 0 radical (unpaired) electrons. The molecular weight excluding hydrogens is 244 g/mol. The minimum absolute atomic E-state index is 0.209. The molecule has 1 heterocycles. The fourth-order valence-corrected chi connectivity index (χ4v) is 1.86. The van der Waals surface area contributed by atoms with Crippen LogP contribution in [0.5, 0.6) is 5.75 Å². The molecule has 100 valence electrons. The Morgan fingerprint density at radius 2 is 2.11 bits per heavy atom. The van der Waals surface area contributed by atoms with E-state index >= 15 is 0 Å². The van der Waals surface area contributed by atoms with E-state index in [9.17, 15) is 4.79 Å². The summed E-state index contributed by atoms with van der Waals surface area (Å²) in [5.41, 5.74) is 2.34. The fourth-order valence-electron chi connectivity index (χ4n) is 1.86. The SMILES string of the molecule is CCOC(=O)c1nc(-c2ccccc2OC)c(C)[nH]1. The molecule has 0 aliphatic rings. The molecule has 0 atom stereocenters. The Hall–Kier alpha value is -2.30. The van der Waals surface area contributed by atoms with Gasteiger partial charge in [-0.25, -0.2) is 9.78 Å². The molecule has 0 saturated heterocycles. The second kappa shape index (κ2) is 5.56. The van der Waals surface area contributed by atoms with Gasteiger partial charge in [0.2, 0.25) is 5.82 Å². The van der Waals surface area contributed by atoms with Crippen molar-refractivity contribution in [2.75, 3.05) is 13.7 Å². The summed E-state index contributed by atoms with van der Waals surface area (Å²) in [6, 6.07) is 7.54. The summed E-state index contributed by atoms with van der Waals surface area (Å²) in [6.45, 7) is 3.94. The third-order valence-corrected chi connectivity index (χ3v) is 2.72. The van der Waals surface area contributed by atoms with Gasteiger partial charge >= 0.3 is 5.97 Å². The predicted octanol–water partition coefficient (Wildman–Crippen LogP) is 2.57. The number of methoxy groups -OCH3 is 1. The number of carbonyl (C=O) groups excluding carboxylic acids is 1. The summed E-state index contributed by atoms with van der Waals surface area (Å²) in [6.07, 6.45) is 0. The normalized spacial score (nSPS) is 10.3. The van der Waals surface area contributed by atoms with E-state index < -0.39 is 5.97 Å². The van der Waals surface area contributed by atoms with Crippen molar-refractivity contribution in [3.8, 4) is 17.0 Å². The van der Waals surface area contributed by atoms with Gasteiger partial charge < -0.3 is 14.5 Å². The first-order valence-electron chi connectivity index (χ1n) is 6.04. The van der Waals surface area contributed by atoms with E-state index in [4.69, 9.17) is 9.47 Å². The van der Waals surface area contributed by atoms with Gasteiger partial charge in [-0.05, 0) is 26.0 Å². The van der Waals surface area contributed by atoms with E-state index in [2.05, 4.69) is 9.97 Å². The van der Waals surface area contributed by atoms with Crippen molar-refractivity contribution in [1.29, 1.82) is 0 Å². The summed E-state index contributed by atoms with van der Waals surface area (Å²) in [5.74, 6) is 0.472. The Morgan fingerprint density at radius 1 is 1.37 bits per heavy atom. The number of ether oxygens (including phenoxy) is 2. The molecule has 1 aromatic carbocycles. The number of aryl methyl sites for hydroxylation is 1. The number of benzene rings is 1. The van der Waals surface area contributed by atoms with Gasteiger partial charge in [-0.2, -0.15) is 0 Å². The molecule has 0 spiro atoms. The van der Waals surface area contributed by atoms with Gasteiger partial charge in [0.25, 0.3) is 0 Å². The quantitative estimate of drug-likeness (QED) is 0.858. The second-order valence-corrected chi connectivity index (χ2v) is 3.98. The van der Waals surface area contributed by atoms with Gasteiger partial charge in [0.1, 0.15) is 5.75 Å². The topological polar surface area (TPSA) is 64.2 Å². The van der Waals surface area contributed by atoms with Crippen LogP contribution in [0.2, 0.25) is 0 Å². The summed E-state index contributed by atoms with van der Waals surface area (Å²) in [5, 5.41) is 0. The third kappa shape index (κ3) is 2.59. The molecule has 0 amide bonds. The van der Waals surface area contributed by atoms with Crippen molar-refractivity contribution in [2.45, 2.75) is 13.8 Å². The molecule has 1 aromatic heterocycles. The second-order valence-electron chi connectivity index (χ2n) is 3.98. The first-order chi connectivity index (χ1) is 9.17. The molecule has 0 unspecified atom stereocenters. The molecular formula is C14H16N2O3. The number of carbonyl (C=O) groups is 1. The van der Waals surface area contributed by atoms with E-state index in [1.54, 1.807) is 14.0 Å². The highest BCUT2D eigenvalue weighted by Gasteiger charge is 2.17. The van der Waals surface area contributed by atoms with Crippen LogP contribution in [-0.4, -0.2) is 29.7 Å². The van der Waals surface area contributed by atoms with Gasteiger partial charge in [-0.15, -0.1) is 0 Å². The van der Waals surface area contributed by atoms with Crippen LogP contribution in [0.15, 0.2) is 24.3 Å². The third-order valence-electron chi connectivity index (χ3n) is 2.72. The Kier molecular flexibility index (Phi) is 3.85. The highest BCUT2D eigenvalue weighted by Crippen LogP contribution is 2.30. The monoisotopic (exact) mass is 260 g/mol. The van der Waals surface area contributed by atoms with Crippen LogP contribution in [0.1, 0.15) is 23.2 Å². The minimum atomic E-state index is -0.452. The highest BCUT2D eigenvalue weighted by molar-refractivity contribution is 5.87. The summed E-state index contributed by atoms with van der Waals surface area (Å²) in [4.78, 5) is 18.9. The molecule has 2 aromatic rings. The van der Waals surface area contributed by atoms with Crippen molar-refractivity contribution >= 4 is 5.97 Å². The van der Waals surface area contributed by atoms with E-state index in [0.29, 0.717) is 18.1 Å². The van der Waals surface area contributed by atoms with Crippen molar-refractivity contribution < 1.29 is 14.3 Å². The van der Waals surface area contributed by atoms with Crippen LogP contribution >= 0.6 is 0 Å². The number of nitrogens with one attached hydrogen (secondary N) is 1. The summed E-state index contributed by atoms with van der Waals surface area (Å²) < 4.78 is 10.2. The maximum atomic E-state index is 11.6. The molecule has 2 rings (SSSR count). The lowest BCUT2D eigenvalue weighted by Crippen LogP contribution is -2.06. The van der Waals surface area contributed by atoms with Crippen LogP contribution in [0.4, 0.5) is 0 Å². The number of nitrogens with zero attached hydrogens (tertiary/aromatic N) is 1. The standard InChI is InChI=1S/C14H16N2O3/c1-4-19-14(17)13-15-9(2)12(16-13)10-7-5-6-8-11(10)18-3/h5-8H,4H2,1-3H3,(H,15,16). The number of hydrogen-bond acceptors (Lipinski definition) is 4. The van der Waals surface area contributed by atoms with E-state index in [1.165, 1.54) is 0 Å². The fraction of sp³-hybridized carbons (Fsp3) is 0.286. The van der Waals surface area contributed by atoms with Gasteiger partial charge in [0.05, 0.1) is 19.4 Å². The number of H-pyrrole nitrogens is 1. The lowest BCUT2D eigenvalue weighted by molar-refractivity contribution is 0.0513. The zero-order chi connectivity index (χ0) is 13.8. The van der Waals surface area contributed by atoms with Crippen LogP contribution in [0, 0.1) is 6.92 Å². The Labute approximate surface area is 111 Å². The largest absolute Gasteiger partial charge is 0.496 e. The zero-order valence-electron chi connectivity index (χ0n) is 11.2. The molecule has 0 aliphatic heterocycles.